The van der Waals surface area contributed by atoms with Crippen LogP contribution in [0.5, 0.6) is 0 Å². The van der Waals surface area contributed by atoms with E-state index in [0.29, 0.717) is 17.5 Å². The molecule has 0 aliphatic carbocycles. The summed E-state index contributed by atoms with van der Waals surface area (Å²) in [5, 5.41) is 14.6. The molecule has 1 heterocycles. The largest absolute Gasteiger partial charge is 0.388 e. The molecule has 0 bridgehead atoms. The van der Waals surface area contributed by atoms with Crippen LogP contribution in [0.4, 0.5) is 0 Å². The van der Waals surface area contributed by atoms with Crippen molar-refractivity contribution in [2.75, 3.05) is 0 Å². The van der Waals surface area contributed by atoms with Crippen molar-refractivity contribution >= 4 is 11.6 Å². The number of aromatic nitrogens is 2. The topological polar surface area (TPSA) is 38.0 Å². The van der Waals surface area contributed by atoms with Crippen LogP contribution in [0, 0.1) is 12.8 Å². The van der Waals surface area contributed by atoms with Crippen LogP contribution in [0.15, 0.2) is 0 Å². The Bertz CT molecular complexity index is 320. The summed E-state index contributed by atoms with van der Waals surface area (Å²) in [6.45, 7) is 6.01. The summed E-state index contributed by atoms with van der Waals surface area (Å²) >= 11 is 6.03. The van der Waals surface area contributed by atoms with Crippen molar-refractivity contribution in [3.8, 4) is 0 Å². The maximum absolute atomic E-state index is 9.93. The molecular weight excluding hydrogens is 200 g/mol. The Morgan fingerprint density at radius 1 is 1.50 bits per heavy atom. The molecule has 1 unspecified atom stereocenters. The van der Waals surface area contributed by atoms with E-state index in [1.165, 1.54) is 0 Å². The van der Waals surface area contributed by atoms with Crippen molar-refractivity contribution in [1.29, 1.82) is 0 Å². The Morgan fingerprint density at radius 2 is 2.07 bits per heavy atom. The van der Waals surface area contributed by atoms with Gasteiger partial charge in [0.1, 0.15) is 5.15 Å². The van der Waals surface area contributed by atoms with Crippen molar-refractivity contribution in [2.24, 2.45) is 13.0 Å². The Hall–Kier alpha value is -0.540. The fourth-order valence-electron chi connectivity index (χ4n) is 1.59. The quantitative estimate of drug-likeness (QED) is 0.843. The number of aliphatic hydroxyl groups is 1. The first-order valence-electron chi connectivity index (χ1n) is 4.80. The van der Waals surface area contributed by atoms with Gasteiger partial charge in [-0.25, -0.2) is 0 Å². The maximum atomic E-state index is 9.93. The van der Waals surface area contributed by atoms with E-state index in [1.54, 1.807) is 11.7 Å². The van der Waals surface area contributed by atoms with Gasteiger partial charge in [-0.2, -0.15) is 5.10 Å². The Kier molecular flexibility index (Phi) is 3.56. The van der Waals surface area contributed by atoms with Gasteiger partial charge in [0.25, 0.3) is 0 Å². The fraction of sp³-hybridized carbons (Fsp3) is 0.700. The normalized spacial score (nSPS) is 13.6. The SMILES string of the molecule is Cc1nn(C)c(Cl)c1C(O)CC(C)C. The fourth-order valence-corrected chi connectivity index (χ4v) is 1.89. The molecule has 1 rings (SSSR count). The number of aryl methyl sites for hydroxylation is 2. The predicted octanol–water partition coefficient (Wildman–Crippen LogP) is 2.46. The molecule has 0 spiro atoms. The Balaban J connectivity index is 2.94. The third-order valence-electron chi connectivity index (χ3n) is 2.22. The molecule has 3 nitrogen and oxygen atoms in total. The van der Waals surface area contributed by atoms with E-state index in [4.69, 9.17) is 11.6 Å². The van der Waals surface area contributed by atoms with Crippen LogP contribution in [-0.4, -0.2) is 14.9 Å². The average Bonchev–Trinajstić information content (AvgIpc) is 2.25. The van der Waals surface area contributed by atoms with Gasteiger partial charge in [0.05, 0.1) is 11.8 Å². The Morgan fingerprint density at radius 3 is 2.43 bits per heavy atom. The number of rotatable bonds is 3. The lowest BCUT2D eigenvalue weighted by molar-refractivity contribution is 0.150. The molecule has 1 atom stereocenters. The number of hydrogen-bond acceptors (Lipinski definition) is 2. The summed E-state index contributed by atoms with van der Waals surface area (Å²) in [6, 6.07) is 0. The van der Waals surface area contributed by atoms with Gasteiger partial charge in [-0.3, -0.25) is 4.68 Å². The molecule has 1 aromatic rings. The average molecular weight is 217 g/mol. The van der Waals surface area contributed by atoms with Crippen LogP contribution in [0.1, 0.15) is 37.6 Å². The van der Waals surface area contributed by atoms with Gasteiger partial charge < -0.3 is 5.11 Å². The van der Waals surface area contributed by atoms with Crippen LogP contribution < -0.4 is 0 Å². The molecule has 80 valence electrons. The van der Waals surface area contributed by atoms with E-state index in [9.17, 15) is 5.11 Å². The lowest BCUT2D eigenvalue weighted by Crippen LogP contribution is -2.03. The molecule has 0 aliphatic heterocycles. The highest BCUT2D eigenvalue weighted by molar-refractivity contribution is 6.30. The smallest absolute Gasteiger partial charge is 0.132 e. The van der Waals surface area contributed by atoms with Crippen LogP contribution in [0.2, 0.25) is 5.15 Å². The van der Waals surface area contributed by atoms with Gasteiger partial charge in [-0.05, 0) is 19.3 Å². The van der Waals surface area contributed by atoms with E-state index in [1.807, 2.05) is 6.92 Å². The second-order valence-electron chi connectivity index (χ2n) is 4.06. The number of nitrogens with zero attached hydrogens (tertiary/aromatic N) is 2. The van der Waals surface area contributed by atoms with Crippen LogP contribution in [0.3, 0.4) is 0 Å². The van der Waals surface area contributed by atoms with Crippen molar-refractivity contribution < 1.29 is 5.11 Å². The molecule has 0 amide bonds. The molecule has 4 heteroatoms. The summed E-state index contributed by atoms with van der Waals surface area (Å²) in [4.78, 5) is 0. The second-order valence-corrected chi connectivity index (χ2v) is 4.42. The summed E-state index contributed by atoms with van der Waals surface area (Å²) < 4.78 is 1.59. The summed E-state index contributed by atoms with van der Waals surface area (Å²) in [5.74, 6) is 0.445. The number of aliphatic hydroxyl groups excluding tert-OH is 1. The molecule has 1 aromatic heterocycles. The predicted molar refractivity (Wildman–Crippen MR) is 57.4 cm³/mol. The van der Waals surface area contributed by atoms with Gasteiger partial charge in [0, 0.05) is 12.6 Å². The van der Waals surface area contributed by atoms with Crippen molar-refractivity contribution in [3.63, 3.8) is 0 Å². The zero-order chi connectivity index (χ0) is 10.9. The molecule has 0 fully saturated rings. The van der Waals surface area contributed by atoms with E-state index < -0.39 is 6.10 Å². The zero-order valence-electron chi connectivity index (χ0n) is 9.08. The highest BCUT2D eigenvalue weighted by Crippen LogP contribution is 2.29. The lowest BCUT2D eigenvalue weighted by Gasteiger charge is -2.12. The van der Waals surface area contributed by atoms with E-state index in [2.05, 4.69) is 18.9 Å². The Labute approximate surface area is 89.7 Å². The summed E-state index contributed by atoms with van der Waals surface area (Å²) in [7, 11) is 1.78. The van der Waals surface area contributed by atoms with Crippen LogP contribution in [0.25, 0.3) is 0 Å². The van der Waals surface area contributed by atoms with Crippen LogP contribution >= 0.6 is 11.6 Å². The molecular formula is C10H17ClN2O. The molecule has 1 N–H and O–H groups in total. The van der Waals surface area contributed by atoms with Gasteiger partial charge in [-0.15, -0.1) is 0 Å². The minimum atomic E-state index is -0.504. The highest BCUT2D eigenvalue weighted by atomic mass is 35.5. The third-order valence-corrected chi connectivity index (χ3v) is 2.67. The van der Waals surface area contributed by atoms with Gasteiger partial charge in [-0.1, -0.05) is 25.4 Å². The monoisotopic (exact) mass is 216 g/mol. The second kappa shape index (κ2) is 4.32. The van der Waals surface area contributed by atoms with E-state index in [0.717, 1.165) is 11.3 Å². The minimum absolute atomic E-state index is 0.445. The van der Waals surface area contributed by atoms with Gasteiger partial charge >= 0.3 is 0 Å². The zero-order valence-corrected chi connectivity index (χ0v) is 9.84. The van der Waals surface area contributed by atoms with Gasteiger partial charge in [0.2, 0.25) is 0 Å². The van der Waals surface area contributed by atoms with E-state index in [-0.39, 0.29) is 0 Å². The molecule has 0 saturated heterocycles. The lowest BCUT2D eigenvalue weighted by atomic mass is 10.0. The molecule has 14 heavy (non-hydrogen) atoms. The first-order chi connectivity index (χ1) is 6.43. The van der Waals surface area contributed by atoms with Crippen molar-refractivity contribution in [1.82, 2.24) is 9.78 Å². The van der Waals surface area contributed by atoms with Crippen LogP contribution in [-0.2, 0) is 7.05 Å². The third kappa shape index (κ3) is 2.28. The molecule has 0 aromatic carbocycles. The molecule has 0 aliphatic rings. The van der Waals surface area contributed by atoms with Crippen molar-refractivity contribution in [2.45, 2.75) is 33.3 Å². The first kappa shape index (κ1) is 11.5. The molecule has 0 saturated carbocycles. The van der Waals surface area contributed by atoms with Crippen molar-refractivity contribution in [3.05, 3.63) is 16.4 Å². The minimum Gasteiger partial charge on any atom is -0.388 e. The summed E-state index contributed by atoms with van der Waals surface area (Å²) in [5.41, 5.74) is 1.58. The first-order valence-corrected chi connectivity index (χ1v) is 5.18. The summed E-state index contributed by atoms with van der Waals surface area (Å²) in [6.07, 6.45) is 0.211. The van der Waals surface area contributed by atoms with Gasteiger partial charge in [0.15, 0.2) is 0 Å². The van der Waals surface area contributed by atoms with E-state index >= 15 is 0 Å². The maximum Gasteiger partial charge on any atom is 0.132 e. The highest BCUT2D eigenvalue weighted by Gasteiger charge is 2.19. The molecule has 0 radical (unpaired) electrons. The number of hydrogen-bond donors (Lipinski definition) is 1. The standard InChI is InChI=1S/C10H17ClN2O/c1-6(2)5-8(14)9-7(3)12-13(4)10(9)11/h6,8,14H,5H2,1-4H3. The number of halogens is 1.